The molecule has 0 aromatic rings. The highest BCUT2D eigenvalue weighted by Gasteiger charge is 2.32. The van der Waals surface area contributed by atoms with Gasteiger partial charge in [0.05, 0.1) is 0 Å². The van der Waals surface area contributed by atoms with Crippen molar-refractivity contribution in [1.82, 2.24) is 10.6 Å². The van der Waals surface area contributed by atoms with Gasteiger partial charge in [-0.3, -0.25) is 19.7 Å². The lowest BCUT2D eigenvalue weighted by Crippen LogP contribution is -2.52. The van der Waals surface area contributed by atoms with Crippen LogP contribution in [0.5, 0.6) is 0 Å². The highest BCUT2D eigenvalue weighted by molar-refractivity contribution is 6.01. The smallest absolute Gasteiger partial charge is 0.249 e. The minimum Gasteiger partial charge on any atom is -0.344 e. The van der Waals surface area contributed by atoms with E-state index >= 15 is 0 Å². The number of piperidine rings is 1. The summed E-state index contributed by atoms with van der Waals surface area (Å²) in [7, 11) is 0. The minimum absolute atomic E-state index is 0.108. The summed E-state index contributed by atoms with van der Waals surface area (Å²) >= 11 is 0. The first-order valence-corrected chi connectivity index (χ1v) is 5.95. The SMILES string of the molecule is NC(CC(=O)NC1CCC(=O)NC1=O)C1CC1. The van der Waals surface area contributed by atoms with E-state index in [4.69, 9.17) is 5.73 Å². The molecule has 4 N–H and O–H groups in total. The standard InChI is InChI=1S/C11H17N3O3/c12-7(6-1-2-6)5-10(16)13-8-3-4-9(15)14-11(8)17/h6-8H,1-5,12H2,(H,13,16)(H,14,15,17). The van der Waals surface area contributed by atoms with Gasteiger partial charge in [0.2, 0.25) is 17.7 Å². The zero-order valence-corrected chi connectivity index (χ0v) is 9.57. The molecule has 1 saturated heterocycles. The quantitative estimate of drug-likeness (QED) is 0.550. The molecule has 0 bridgehead atoms. The van der Waals surface area contributed by atoms with Gasteiger partial charge in [0, 0.05) is 18.9 Å². The Bertz CT molecular complexity index is 352. The van der Waals surface area contributed by atoms with E-state index in [-0.39, 0.29) is 30.7 Å². The van der Waals surface area contributed by atoms with Gasteiger partial charge in [-0.05, 0) is 25.2 Å². The zero-order valence-electron chi connectivity index (χ0n) is 9.57. The second-order valence-corrected chi connectivity index (χ2v) is 4.78. The van der Waals surface area contributed by atoms with Crippen molar-refractivity contribution in [3.63, 3.8) is 0 Å². The third kappa shape index (κ3) is 3.26. The molecule has 0 aromatic carbocycles. The first-order chi connectivity index (χ1) is 8.06. The van der Waals surface area contributed by atoms with Gasteiger partial charge in [-0.25, -0.2) is 0 Å². The topological polar surface area (TPSA) is 101 Å². The Hall–Kier alpha value is -1.43. The number of carbonyl (C=O) groups is 3. The van der Waals surface area contributed by atoms with Gasteiger partial charge >= 0.3 is 0 Å². The van der Waals surface area contributed by atoms with E-state index in [0.29, 0.717) is 12.3 Å². The number of nitrogens with two attached hydrogens (primary N) is 1. The van der Waals surface area contributed by atoms with Crippen molar-refractivity contribution in [3.05, 3.63) is 0 Å². The second kappa shape index (κ2) is 4.83. The second-order valence-electron chi connectivity index (χ2n) is 4.78. The van der Waals surface area contributed by atoms with Crippen LogP contribution in [0.2, 0.25) is 0 Å². The molecule has 1 heterocycles. The Balaban J connectivity index is 1.77. The van der Waals surface area contributed by atoms with E-state index in [2.05, 4.69) is 10.6 Å². The summed E-state index contributed by atoms with van der Waals surface area (Å²) in [5.41, 5.74) is 5.83. The van der Waals surface area contributed by atoms with Crippen LogP contribution in [-0.2, 0) is 14.4 Å². The summed E-state index contributed by atoms with van der Waals surface area (Å²) in [6.45, 7) is 0. The van der Waals surface area contributed by atoms with Crippen LogP contribution in [0.1, 0.15) is 32.1 Å². The highest BCUT2D eigenvalue weighted by atomic mass is 16.2. The number of imide groups is 1. The van der Waals surface area contributed by atoms with Crippen LogP contribution in [0.4, 0.5) is 0 Å². The number of rotatable bonds is 4. The molecule has 17 heavy (non-hydrogen) atoms. The molecule has 2 atom stereocenters. The lowest BCUT2D eigenvalue weighted by atomic mass is 10.0. The van der Waals surface area contributed by atoms with Crippen LogP contribution in [0.15, 0.2) is 0 Å². The van der Waals surface area contributed by atoms with E-state index in [1.807, 2.05) is 0 Å². The summed E-state index contributed by atoms with van der Waals surface area (Å²) in [6, 6.07) is -0.699. The predicted octanol–water partition coefficient (Wildman–Crippen LogP) is -0.965. The van der Waals surface area contributed by atoms with Crippen LogP contribution in [0.3, 0.4) is 0 Å². The molecular formula is C11H17N3O3. The Morgan fingerprint density at radius 1 is 1.41 bits per heavy atom. The van der Waals surface area contributed by atoms with Crippen molar-refractivity contribution in [2.24, 2.45) is 11.7 Å². The fraction of sp³-hybridized carbons (Fsp3) is 0.727. The Labute approximate surface area is 99.3 Å². The van der Waals surface area contributed by atoms with E-state index in [0.717, 1.165) is 12.8 Å². The molecule has 3 amide bonds. The van der Waals surface area contributed by atoms with Crippen molar-refractivity contribution >= 4 is 17.7 Å². The average Bonchev–Trinajstić information content (AvgIpc) is 3.05. The van der Waals surface area contributed by atoms with Gasteiger partial charge in [-0.1, -0.05) is 0 Å². The largest absolute Gasteiger partial charge is 0.344 e. The normalized spacial score (nSPS) is 26.3. The zero-order chi connectivity index (χ0) is 12.4. The van der Waals surface area contributed by atoms with E-state index in [9.17, 15) is 14.4 Å². The number of nitrogens with one attached hydrogen (secondary N) is 2. The molecule has 2 rings (SSSR count). The molecule has 94 valence electrons. The van der Waals surface area contributed by atoms with Gasteiger partial charge < -0.3 is 11.1 Å². The molecule has 2 aliphatic rings. The molecule has 1 saturated carbocycles. The van der Waals surface area contributed by atoms with Crippen LogP contribution < -0.4 is 16.4 Å². The lowest BCUT2D eigenvalue weighted by molar-refractivity contribution is -0.137. The molecule has 2 fully saturated rings. The third-order valence-corrected chi connectivity index (χ3v) is 3.22. The summed E-state index contributed by atoms with van der Waals surface area (Å²) in [5, 5.41) is 4.82. The first kappa shape index (κ1) is 12.0. The Morgan fingerprint density at radius 3 is 2.71 bits per heavy atom. The lowest BCUT2D eigenvalue weighted by Gasteiger charge is -2.22. The number of amides is 3. The van der Waals surface area contributed by atoms with E-state index in [1.54, 1.807) is 0 Å². The van der Waals surface area contributed by atoms with Gasteiger partial charge in [0.15, 0.2) is 0 Å². The fourth-order valence-corrected chi connectivity index (χ4v) is 1.99. The van der Waals surface area contributed by atoms with Crippen molar-refractivity contribution in [2.45, 2.75) is 44.2 Å². The molecule has 2 unspecified atom stereocenters. The predicted molar refractivity (Wildman–Crippen MR) is 59.6 cm³/mol. The monoisotopic (exact) mass is 239 g/mol. The number of hydrogen-bond donors (Lipinski definition) is 3. The average molecular weight is 239 g/mol. The molecule has 0 radical (unpaired) electrons. The van der Waals surface area contributed by atoms with Gasteiger partial charge in [-0.15, -0.1) is 0 Å². The van der Waals surface area contributed by atoms with Crippen LogP contribution in [0.25, 0.3) is 0 Å². The summed E-state index contributed by atoms with van der Waals surface area (Å²) < 4.78 is 0. The number of carbonyl (C=O) groups excluding carboxylic acids is 3. The van der Waals surface area contributed by atoms with Crippen LogP contribution in [-0.4, -0.2) is 29.8 Å². The Kier molecular flexibility index (Phi) is 3.42. The summed E-state index contributed by atoms with van der Waals surface area (Å²) in [4.78, 5) is 33.9. The van der Waals surface area contributed by atoms with Gasteiger partial charge in [0.25, 0.3) is 0 Å². The molecule has 6 nitrogen and oxygen atoms in total. The summed E-state index contributed by atoms with van der Waals surface area (Å²) in [5.74, 6) is -0.453. The van der Waals surface area contributed by atoms with Gasteiger partial charge in [0.1, 0.15) is 6.04 Å². The molecular weight excluding hydrogens is 222 g/mol. The Morgan fingerprint density at radius 2 is 2.12 bits per heavy atom. The molecule has 1 aliphatic carbocycles. The van der Waals surface area contributed by atoms with Gasteiger partial charge in [-0.2, -0.15) is 0 Å². The van der Waals surface area contributed by atoms with Crippen LogP contribution in [0, 0.1) is 5.92 Å². The summed E-state index contributed by atoms with van der Waals surface area (Å²) in [6.07, 6.45) is 3.07. The van der Waals surface area contributed by atoms with Crippen LogP contribution >= 0.6 is 0 Å². The highest BCUT2D eigenvalue weighted by Crippen LogP contribution is 2.32. The van der Waals surface area contributed by atoms with Crippen molar-refractivity contribution in [3.8, 4) is 0 Å². The molecule has 0 aromatic heterocycles. The molecule has 6 heteroatoms. The van der Waals surface area contributed by atoms with E-state index in [1.165, 1.54) is 0 Å². The van der Waals surface area contributed by atoms with Crippen molar-refractivity contribution in [1.29, 1.82) is 0 Å². The molecule has 1 aliphatic heterocycles. The first-order valence-electron chi connectivity index (χ1n) is 5.95. The minimum atomic E-state index is -0.591. The maximum absolute atomic E-state index is 11.6. The maximum Gasteiger partial charge on any atom is 0.249 e. The molecule has 0 spiro atoms. The maximum atomic E-state index is 11.6. The van der Waals surface area contributed by atoms with Crippen molar-refractivity contribution < 1.29 is 14.4 Å². The van der Waals surface area contributed by atoms with E-state index < -0.39 is 11.9 Å². The number of hydrogen-bond acceptors (Lipinski definition) is 4. The van der Waals surface area contributed by atoms with Crippen molar-refractivity contribution in [2.75, 3.05) is 0 Å². The fourth-order valence-electron chi connectivity index (χ4n) is 1.99. The third-order valence-electron chi connectivity index (χ3n) is 3.22.